The van der Waals surface area contributed by atoms with Gasteiger partial charge in [-0.05, 0) is 54.0 Å². The molecule has 198 valence electrons. The van der Waals surface area contributed by atoms with Crippen molar-refractivity contribution in [3.05, 3.63) is 54.1 Å². The van der Waals surface area contributed by atoms with E-state index >= 15 is 0 Å². The van der Waals surface area contributed by atoms with E-state index in [4.69, 9.17) is 0 Å². The summed E-state index contributed by atoms with van der Waals surface area (Å²) in [5, 5.41) is 12.6. The number of thioether (sulfide) groups is 1. The standard InChI is InChI=1S/C28H34F2N4O2S/c1-18-7-5-6-8-23(18)34-25(19-9-11-20(12-10-19)28(2,3)4)32-33-27(34)37-17-24(35)31-21-13-15-22(16-14-21)36-26(29)30/h9-16,18,23,26H,5-8,17H2,1-4H3,(H,31,35)/t18-,23+/m0/s1. The number of benzene rings is 2. The van der Waals surface area contributed by atoms with Crippen molar-refractivity contribution in [2.45, 2.75) is 76.6 Å². The molecule has 37 heavy (non-hydrogen) atoms. The molecule has 1 aliphatic carbocycles. The van der Waals surface area contributed by atoms with E-state index in [0.29, 0.717) is 11.6 Å². The van der Waals surface area contributed by atoms with Crippen molar-refractivity contribution in [2.75, 3.05) is 11.1 Å². The van der Waals surface area contributed by atoms with Gasteiger partial charge < -0.3 is 10.1 Å². The number of hydrogen-bond acceptors (Lipinski definition) is 5. The maximum atomic E-state index is 12.7. The number of rotatable bonds is 8. The molecular weight excluding hydrogens is 494 g/mol. The molecule has 9 heteroatoms. The van der Waals surface area contributed by atoms with Gasteiger partial charge in [-0.3, -0.25) is 9.36 Å². The zero-order valence-electron chi connectivity index (χ0n) is 21.7. The van der Waals surface area contributed by atoms with Crippen LogP contribution in [0.15, 0.2) is 53.7 Å². The second-order valence-electron chi connectivity index (χ2n) is 10.6. The lowest BCUT2D eigenvalue weighted by atomic mass is 9.85. The lowest BCUT2D eigenvalue weighted by molar-refractivity contribution is -0.113. The molecule has 1 saturated carbocycles. The smallest absolute Gasteiger partial charge is 0.387 e. The molecule has 6 nitrogen and oxygen atoms in total. The molecule has 2 aromatic carbocycles. The van der Waals surface area contributed by atoms with Gasteiger partial charge in [0, 0.05) is 17.3 Å². The van der Waals surface area contributed by atoms with Gasteiger partial charge in [0.1, 0.15) is 5.75 Å². The molecule has 0 bridgehead atoms. The van der Waals surface area contributed by atoms with Crippen LogP contribution in [0.4, 0.5) is 14.5 Å². The average Bonchev–Trinajstić information content (AvgIpc) is 3.27. The highest BCUT2D eigenvalue weighted by Crippen LogP contribution is 2.39. The second kappa shape index (κ2) is 11.6. The van der Waals surface area contributed by atoms with E-state index in [0.717, 1.165) is 35.8 Å². The molecule has 2 atom stereocenters. The van der Waals surface area contributed by atoms with Gasteiger partial charge in [-0.2, -0.15) is 8.78 Å². The molecule has 1 fully saturated rings. The molecule has 0 unspecified atom stereocenters. The Labute approximate surface area is 221 Å². The molecule has 1 amide bonds. The van der Waals surface area contributed by atoms with Crippen LogP contribution in [0.2, 0.25) is 0 Å². The molecule has 0 radical (unpaired) electrons. The van der Waals surface area contributed by atoms with Gasteiger partial charge in [-0.1, -0.05) is 76.6 Å². The molecule has 1 aliphatic rings. The number of amides is 1. The van der Waals surface area contributed by atoms with Crippen LogP contribution in [0.1, 0.15) is 65.0 Å². The van der Waals surface area contributed by atoms with E-state index in [1.165, 1.54) is 48.0 Å². The summed E-state index contributed by atoms with van der Waals surface area (Å²) in [6.45, 7) is 5.97. The molecule has 0 aliphatic heterocycles. The third-order valence-electron chi connectivity index (χ3n) is 6.77. The highest BCUT2D eigenvalue weighted by atomic mass is 32.2. The number of hydrogen-bond donors (Lipinski definition) is 1. The zero-order chi connectivity index (χ0) is 26.6. The number of carbonyl (C=O) groups excluding carboxylic acids is 1. The van der Waals surface area contributed by atoms with Crippen molar-refractivity contribution in [3.63, 3.8) is 0 Å². The first-order valence-corrected chi connectivity index (χ1v) is 13.6. The fraction of sp³-hybridized carbons (Fsp3) is 0.464. The van der Waals surface area contributed by atoms with Crippen LogP contribution in [0.5, 0.6) is 5.75 Å². The maximum absolute atomic E-state index is 12.7. The topological polar surface area (TPSA) is 69.0 Å². The summed E-state index contributed by atoms with van der Waals surface area (Å²) in [5.74, 6) is 1.29. The van der Waals surface area contributed by atoms with Crippen molar-refractivity contribution in [1.82, 2.24) is 14.8 Å². The minimum atomic E-state index is -2.89. The predicted molar refractivity (Wildman–Crippen MR) is 143 cm³/mol. The normalized spacial score (nSPS) is 18.1. The molecule has 1 heterocycles. The Bertz CT molecular complexity index is 1190. The number of nitrogens with one attached hydrogen (secondary N) is 1. The Kier molecular flexibility index (Phi) is 8.52. The summed E-state index contributed by atoms with van der Waals surface area (Å²) >= 11 is 1.36. The summed E-state index contributed by atoms with van der Waals surface area (Å²) in [6.07, 6.45) is 4.59. The fourth-order valence-corrected chi connectivity index (χ4v) is 5.51. The number of aromatic nitrogens is 3. The highest BCUT2D eigenvalue weighted by Gasteiger charge is 2.29. The number of alkyl halides is 2. The lowest BCUT2D eigenvalue weighted by Gasteiger charge is -2.31. The van der Waals surface area contributed by atoms with Crippen LogP contribution in [0, 0.1) is 5.92 Å². The van der Waals surface area contributed by atoms with Gasteiger partial charge >= 0.3 is 6.61 Å². The maximum Gasteiger partial charge on any atom is 0.387 e. The Hall–Kier alpha value is -2.94. The highest BCUT2D eigenvalue weighted by molar-refractivity contribution is 7.99. The van der Waals surface area contributed by atoms with E-state index in [2.05, 4.69) is 76.8 Å². The molecule has 4 rings (SSSR count). The Morgan fingerprint density at radius 1 is 1.08 bits per heavy atom. The predicted octanol–water partition coefficient (Wildman–Crippen LogP) is 7.33. The monoisotopic (exact) mass is 528 g/mol. The number of ether oxygens (including phenoxy) is 1. The van der Waals surface area contributed by atoms with E-state index in [9.17, 15) is 13.6 Å². The third-order valence-corrected chi connectivity index (χ3v) is 7.71. The van der Waals surface area contributed by atoms with E-state index < -0.39 is 6.61 Å². The molecule has 3 aromatic rings. The zero-order valence-corrected chi connectivity index (χ0v) is 22.5. The summed E-state index contributed by atoms with van der Waals surface area (Å²) in [6, 6.07) is 14.6. The first kappa shape index (κ1) is 27.1. The van der Waals surface area contributed by atoms with Crippen LogP contribution in [-0.2, 0) is 10.2 Å². The SMILES string of the molecule is C[C@H]1CCCC[C@H]1n1c(SCC(=O)Nc2ccc(OC(F)F)cc2)nnc1-c1ccc(C(C)(C)C)cc1. The van der Waals surface area contributed by atoms with Crippen molar-refractivity contribution < 1.29 is 18.3 Å². The van der Waals surface area contributed by atoms with Gasteiger partial charge in [0.05, 0.1) is 5.75 Å². The van der Waals surface area contributed by atoms with Crippen LogP contribution < -0.4 is 10.1 Å². The van der Waals surface area contributed by atoms with Gasteiger partial charge in [0.25, 0.3) is 0 Å². The average molecular weight is 529 g/mol. The number of carbonyl (C=O) groups is 1. The summed E-state index contributed by atoms with van der Waals surface area (Å²) < 4.78 is 31.3. The second-order valence-corrected chi connectivity index (χ2v) is 11.5. The molecule has 0 saturated heterocycles. The first-order valence-electron chi connectivity index (χ1n) is 12.6. The molecular formula is C28H34F2N4O2S. The summed E-state index contributed by atoms with van der Waals surface area (Å²) in [4.78, 5) is 12.7. The van der Waals surface area contributed by atoms with Gasteiger partial charge in [0.2, 0.25) is 5.91 Å². The molecule has 1 N–H and O–H groups in total. The quantitative estimate of drug-likeness (QED) is 0.310. The Morgan fingerprint density at radius 3 is 2.38 bits per heavy atom. The lowest BCUT2D eigenvalue weighted by Crippen LogP contribution is -2.23. The van der Waals surface area contributed by atoms with Crippen LogP contribution in [0.3, 0.4) is 0 Å². The minimum absolute atomic E-state index is 0.0418. The third kappa shape index (κ3) is 6.89. The number of nitrogens with zero attached hydrogens (tertiary/aromatic N) is 3. The minimum Gasteiger partial charge on any atom is -0.435 e. The largest absolute Gasteiger partial charge is 0.435 e. The van der Waals surface area contributed by atoms with Gasteiger partial charge in [-0.15, -0.1) is 10.2 Å². The summed E-state index contributed by atoms with van der Waals surface area (Å²) in [5.41, 5.74) is 2.85. The van der Waals surface area contributed by atoms with E-state index in [-0.39, 0.29) is 28.9 Å². The van der Waals surface area contributed by atoms with Crippen molar-refractivity contribution in [3.8, 4) is 17.1 Å². The Balaban J connectivity index is 1.51. The van der Waals surface area contributed by atoms with Crippen LogP contribution in [0.25, 0.3) is 11.4 Å². The Morgan fingerprint density at radius 2 is 1.76 bits per heavy atom. The number of halogens is 2. The van der Waals surface area contributed by atoms with Crippen molar-refractivity contribution in [1.29, 1.82) is 0 Å². The fourth-order valence-electron chi connectivity index (χ4n) is 4.72. The first-order chi connectivity index (χ1) is 17.6. The van der Waals surface area contributed by atoms with Gasteiger partial charge in [-0.25, -0.2) is 0 Å². The van der Waals surface area contributed by atoms with Crippen LogP contribution >= 0.6 is 11.8 Å². The van der Waals surface area contributed by atoms with E-state index in [1.54, 1.807) is 0 Å². The number of anilines is 1. The summed E-state index contributed by atoms with van der Waals surface area (Å²) in [7, 11) is 0. The van der Waals surface area contributed by atoms with Crippen molar-refractivity contribution >= 4 is 23.4 Å². The molecule has 0 spiro atoms. The van der Waals surface area contributed by atoms with Crippen LogP contribution in [-0.4, -0.2) is 33.0 Å². The van der Waals surface area contributed by atoms with Crippen molar-refractivity contribution in [2.24, 2.45) is 5.92 Å². The van der Waals surface area contributed by atoms with Gasteiger partial charge in [0.15, 0.2) is 11.0 Å². The van der Waals surface area contributed by atoms with E-state index in [1.807, 2.05) is 0 Å². The molecule has 1 aromatic heterocycles.